The van der Waals surface area contributed by atoms with Crippen molar-refractivity contribution in [3.63, 3.8) is 0 Å². The number of anilines is 2. The summed E-state index contributed by atoms with van der Waals surface area (Å²) in [6.07, 6.45) is 5.06. The standard InChI is InChI=1S/C24H28N2O5S2/c1-29-23-8-5-20(13-24(23)31-12-10-18-9-11-30-16-18)26(15-21-14-25-17-32-21)19-3-6-22(7-4-19)33(2,27)28/h3-8,13-14,17-18H,9-12,15-16H2,1-2H3. The van der Waals surface area contributed by atoms with E-state index in [4.69, 9.17) is 14.2 Å². The first-order chi connectivity index (χ1) is 15.9. The van der Waals surface area contributed by atoms with E-state index in [9.17, 15) is 8.42 Å². The van der Waals surface area contributed by atoms with Crippen molar-refractivity contribution < 1.29 is 22.6 Å². The molecular weight excluding hydrogens is 460 g/mol. The molecule has 2 aromatic carbocycles. The Morgan fingerprint density at radius 2 is 1.94 bits per heavy atom. The van der Waals surface area contributed by atoms with E-state index in [0.717, 1.165) is 42.3 Å². The lowest BCUT2D eigenvalue weighted by atomic mass is 10.1. The SMILES string of the molecule is COc1ccc(N(Cc2cncs2)c2ccc(S(C)(=O)=O)cc2)cc1OCCC1CCOC1. The van der Waals surface area contributed by atoms with Crippen molar-refractivity contribution in [1.29, 1.82) is 0 Å². The summed E-state index contributed by atoms with van der Waals surface area (Å²) in [6.45, 7) is 2.81. The van der Waals surface area contributed by atoms with Crippen LogP contribution in [0.2, 0.25) is 0 Å². The first-order valence-electron chi connectivity index (χ1n) is 10.8. The van der Waals surface area contributed by atoms with Crippen molar-refractivity contribution in [3.05, 3.63) is 59.0 Å². The van der Waals surface area contributed by atoms with E-state index in [0.29, 0.717) is 35.5 Å². The molecule has 9 heteroatoms. The Bertz CT molecular complexity index is 1140. The van der Waals surface area contributed by atoms with Gasteiger partial charge in [0.2, 0.25) is 0 Å². The van der Waals surface area contributed by atoms with Gasteiger partial charge in [-0.3, -0.25) is 4.98 Å². The molecule has 0 bridgehead atoms. The van der Waals surface area contributed by atoms with Crippen molar-refractivity contribution in [2.75, 3.05) is 38.1 Å². The molecule has 0 amide bonds. The van der Waals surface area contributed by atoms with Crippen LogP contribution in [-0.2, 0) is 21.1 Å². The van der Waals surface area contributed by atoms with Crippen molar-refractivity contribution in [1.82, 2.24) is 4.98 Å². The number of aromatic nitrogens is 1. The van der Waals surface area contributed by atoms with E-state index in [2.05, 4.69) is 9.88 Å². The van der Waals surface area contributed by atoms with Crippen molar-refractivity contribution in [3.8, 4) is 11.5 Å². The number of thiazole rings is 1. The molecule has 2 heterocycles. The quantitative estimate of drug-likeness (QED) is 0.409. The molecule has 1 unspecified atom stereocenters. The highest BCUT2D eigenvalue weighted by Gasteiger charge is 2.18. The molecule has 176 valence electrons. The molecule has 33 heavy (non-hydrogen) atoms. The highest BCUT2D eigenvalue weighted by Crippen LogP contribution is 2.36. The minimum Gasteiger partial charge on any atom is -0.493 e. The highest BCUT2D eigenvalue weighted by molar-refractivity contribution is 7.90. The minimum atomic E-state index is -3.26. The summed E-state index contributed by atoms with van der Waals surface area (Å²) in [5.74, 6) is 1.89. The van der Waals surface area contributed by atoms with Crippen LogP contribution in [0, 0.1) is 5.92 Å². The highest BCUT2D eigenvalue weighted by atomic mass is 32.2. The molecule has 3 aromatic rings. The van der Waals surface area contributed by atoms with Gasteiger partial charge in [0, 0.05) is 48.0 Å². The zero-order valence-corrected chi connectivity index (χ0v) is 20.4. The number of sulfone groups is 1. The molecule has 0 spiro atoms. The van der Waals surface area contributed by atoms with E-state index in [1.807, 2.05) is 36.5 Å². The maximum Gasteiger partial charge on any atom is 0.175 e. The van der Waals surface area contributed by atoms with Gasteiger partial charge in [0.05, 0.1) is 30.7 Å². The van der Waals surface area contributed by atoms with Gasteiger partial charge in [-0.2, -0.15) is 0 Å². The number of rotatable bonds is 10. The maximum absolute atomic E-state index is 11.9. The number of methoxy groups -OCH3 is 1. The van der Waals surface area contributed by atoms with Crippen molar-refractivity contribution in [2.45, 2.75) is 24.3 Å². The zero-order chi connectivity index (χ0) is 23.3. The number of benzene rings is 2. The van der Waals surface area contributed by atoms with Gasteiger partial charge in [0.15, 0.2) is 21.3 Å². The molecule has 4 rings (SSSR count). The van der Waals surface area contributed by atoms with E-state index < -0.39 is 9.84 Å². The fourth-order valence-electron chi connectivity index (χ4n) is 3.77. The summed E-state index contributed by atoms with van der Waals surface area (Å²) in [5, 5.41) is 0. The van der Waals surface area contributed by atoms with Gasteiger partial charge in [-0.25, -0.2) is 8.42 Å². The second-order valence-electron chi connectivity index (χ2n) is 8.02. The van der Waals surface area contributed by atoms with Crippen LogP contribution >= 0.6 is 11.3 Å². The van der Waals surface area contributed by atoms with Gasteiger partial charge in [0.1, 0.15) is 0 Å². The molecule has 7 nitrogen and oxygen atoms in total. The summed E-state index contributed by atoms with van der Waals surface area (Å²) < 4.78 is 40.9. The molecule has 0 radical (unpaired) electrons. The number of nitrogens with zero attached hydrogens (tertiary/aromatic N) is 2. The summed E-state index contributed by atoms with van der Waals surface area (Å²) in [4.78, 5) is 7.67. The Hall–Kier alpha value is -2.62. The first kappa shape index (κ1) is 23.5. The number of ether oxygens (including phenoxy) is 3. The first-order valence-corrected chi connectivity index (χ1v) is 13.5. The van der Waals surface area contributed by atoms with Crippen LogP contribution in [0.25, 0.3) is 0 Å². The Kier molecular flexibility index (Phi) is 7.52. The van der Waals surface area contributed by atoms with Crippen LogP contribution in [-0.4, -0.2) is 46.6 Å². The Balaban J connectivity index is 1.61. The Labute approximate surface area is 198 Å². The van der Waals surface area contributed by atoms with Gasteiger partial charge in [-0.05, 0) is 55.2 Å². The number of hydrogen-bond acceptors (Lipinski definition) is 8. The van der Waals surface area contributed by atoms with Gasteiger partial charge in [-0.1, -0.05) is 0 Å². The smallest absolute Gasteiger partial charge is 0.175 e. The monoisotopic (exact) mass is 488 g/mol. The van der Waals surface area contributed by atoms with Crippen molar-refractivity contribution >= 4 is 32.5 Å². The Morgan fingerprint density at radius 3 is 2.58 bits per heavy atom. The molecule has 1 aromatic heterocycles. The molecule has 1 atom stereocenters. The second-order valence-corrected chi connectivity index (χ2v) is 11.0. The van der Waals surface area contributed by atoms with Gasteiger partial charge >= 0.3 is 0 Å². The predicted molar refractivity (Wildman–Crippen MR) is 130 cm³/mol. The van der Waals surface area contributed by atoms with Gasteiger partial charge < -0.3 is 19.1 Å². The summed E-state index contributed by atoms with van der Waals surface area (Å²) in [7, 11) is -1.63. The Morgan fingerprint density at radius 1 is 1.15 bits per heavy atom. The molecule has 0 aliphatic carbocycles. The average Bonchev–Trinajstić information content (AvgIpc) is 3.51. The molecule has 1 aliphatic heterocycles. The molecule has 0 N–H and O–H groups in total. The third-order valence-corrected chi connectivity index (χ3v) is 7.53. The van der Waals surface area contributed by atoms with Gasteiger partial charge in [-0.15, -0.1) is 11.3 Å². The summed E-state index contributed by atoms with van der Waals surface area (Å²) >= 11 is 1.57. The number of hydrogen-bond donors (Lipinski definition) is 0. The average molecular weight is 489 g/mol. The minimum absolute atomic E-state index is 0.290. The summed E-state index contributed by atoms with van der Waals surface area (Å²) in [5.41, 5.74) is 3.58. The lowest BCUT2D eigenvalue weighted by Gasteiger charge is -2.26. The van der Waals surface area contributed by atoms with Crippen LogP contribution in [0.5, 0.6) is 11.5 Å². The molecule has 0 saturated carbocycles. The topological polar surface area (TPSA) is 78.0 Å². The fraction of sp³-hybridized carbons (Fsp3) is 0.375. The normalized spacial score (nSPS) is 16.0. The van der Waals surface area contributed by atoms with E-state index in [1.165, 1.54) is 6.26 Å². The van der Waals surface area contributed by atoms with Crippen molar-refractivity contribution in [2.24, 2.45) is 5.92 Å². The maximum atomic E-state index is 11.9. The predicted octanol–water partition coefficient (Wildman–Crippen LogP) is 4.70. The molecule has 1 fully saturated rings. The fourth-order valence-corrected chi connectivity index (χ4v) is 4.99. The van der Waals surface area contributed by atoms with E-state index >= 15 is 0 Å². The summed E-state index contributed by atoms with van der Waals surface area (Å²) in [6, 6.07) is 12.7. The third-order valence-electron chi connectivity index (χ3n) is 5.64. The van der Waals surface area contributed by atoms with E-state index in [1.54, 1.807) is 36.1 Å². The molecule has 1 aliphatic rings. The van der Waals surface area contributed by atoms with E-state index in [-0.39, 0.29) is 0 Å². The van der Waals surface area contributed by atoms with Crippen LogP contribution in [0.15, 0.2) is 59.1 Å². The molecule has 1 saturated heterocycles. The third kappa shape index (κ3) is 6.04. The lowest BCUT2D eigenvalue weighted by Crippen LogP contribution is -2.16. The van der Waals surface area contributed by atoms with Crippen LogP contribution < -0.4 is 14.4 Å². The van der Waals surface area contributed by atoms with Crippen LogP contribution in [0.1, 0.15) is 17.7 Å². The second kappa shape index (κ2) is 10.5. The van der Waals surface area contributed by atoms with Crippen LogP contribution in [0.3, 0.4) is 0 Å². The zero-order valence-electron chi connectivity index (χ0n) is 18.8. The lowest BCUT2D eigenvalue weighted by molar-refractivity contribution is 0.177. The van der Waals surface area contributed by atoms with Crippen LogP contribution in [0.4, 0.5) is 11.4 Å². The largest absolute Gasteiger partial charge is 0.493 e. The molecular formula is C24H28N2O5S2. The van der Waals surface area contributed by atoms with Gasteiger partial charge in [0.25, 0.3) is 0 Å².